The molecule has 0 aliphatic carbocycles. The summed E-state index contributed by atoms with van der Waals surface area (Å²) in [7, 11) is 0. The Morgan fingerprint density at radius 2 is 2.08 bits per heavy atom. The first kappa shape index (κ1) is 15.9. The van der Waals surface area contributed by atoms with Gasteiger partial charge in [-0.3, -0.25) is 14.3 Å². The van der Waals surface area contributed by atoms with E-state index in [0.717, 1.165) is 0 Å². The fourth-order valence-corrected chi connectivity index (χ4v) is 2.69. The molecule has 0 spiro atoms. The third kappa shape index (κ3) is 2.92. The summed E-state index contributed by atoms with van der Waals surface area (Å²) >= 11 is 0. The summed E-state index contributed by atoms with van der Waals surface area (Å²) in [6, 6.07) is 9.89. The molecule has 0 bridgehead atoms. The van der Waals surface area contributed by atoms with Crippen molar-refractivity contribution in [1.29, 1.82) is 0 Å². The van der Waals surface area contributed by atoms with E-state index in [4.69, 9.17) is 0 Å². The highest BCUT2D eigenvalue weighted by Crippen LogP contribution is 2.20. The van der Waals surface area contributed by atoms with Crippen molar-refractivity contribution in [3.05, 3.63) is 77.0 Å². The number of aromatic amines is 1. The van der Waals surface area contributed by atoms with Crippen molar-refractivity contribution in [2.75, 3.05) is 5.32 Å². The number of hydrogen-bond donors (Lipinski definition) is 2. The number of fused-ring (bicyclic) bond motifs is 1. The largest absolute Gasteiger partial charge is 0.362 e. The van der Waals surface area contributed by atoms with Gasteiger partial charge in [0.2, 0.25) is 0 Å². The lowest BCUT2D eigenvalue weighted by Gasteiger charge is -2.14. The number of H-pyrrole nitrogens is 1. The molecule has 0 saturated carbocycles. The van der Waals surface area contributed by atoms with Crippen LogP contribution in [0.1, 0.15) is 18.7 Å². The third-order valence-electron chi connectivity index (χ3n) is 4.01. The van der Waals surface area contributed by atoms with E-state index in [1.54, 1.807) is 41.4 Å². The van der Waals surface area contributed by atoms with Gasteiger partial charge in [0, 0.05) is 6.20 Å². The van der Waals surface area contributed by atoms with Gasteiger partial charge in [-0.1, -0.05) is 0 Å². The third-order valence-corrected chi connectivity index (χ3v) is 4.01. The van der Waals surface area contributed by atoms with E-state index in [1.165, 1.54) is 12.3 Å². The fraction of sp³-hybridized carbons (Fsp3) is 0.111. The van der Waals surface area contributed by atoms with Crippen LogP contribution in [0.5, 0.6) is 0 Å². The van der Waals surface area contributed by atoms with Crippen LogP contribution in [0.15, 0.2) is 59.9 Å². The SMILES string of the molecule is C[C@H](Nc1ccc2ncn(-c3ccc[nH]c3=O)c2n1)c1ccc(F)cn1. The number of hydrogen-bond acceptors (Lipinski definition) is 5. The molecule has 130 valence electrons. The number of nitrogens with one attached hydrogen (secondary N) is 2. The van der Waals surface area contributed by atoms with Crippen LogP contribution in [0.3, 0.4) is 0 Å². The van der Waals surface area contributed by atoms with Gasteiger partial charge in [-0.25, -0.2) is 14.4 Å². The predicted octanol–water partition coefficient (Wildman–Crippen LogP) is 2.82. The molecule has 4 rings (SSSR count). The molecular weight excluding hydrogens is 335 g/mol. The Morgan fingerprint density at radius 3 is 2.85 bits per heavy atom. The van der Waals surface area contributed by atoms with Crippen molar-refractivity contribution >= 4 is 17.0 Å². The van der Waals surface area contributed by atoms with Crippen LogP contribution in [0.4, 0.5) is 10.2 Å². The molecule has 4 heterocycles. The molecule has 0 aliphatic rings. The maximum Gasteiger partial charge on any atom is 0.272 e. The van der Waals surface area contributed by atoms with Gasteiger partial charge in [0.05, 0.1) is 17.9 Å². The van der Waals surface area contributed by atoms with Crippen molar-refractivity contribution in [3.63, 3.8) is 0 Å². The zero-order chi connectivity index (χ0) is 18.1. The highest BCUT2D eigenvalue weighted by Gasteiger charge is 2.12. The predicted molar refractivity (Wildman–Crippen MR) is 95.7 cm³/mol. The Hall–Kier alpha value is -3.55. The van der Waals surface area contributed by atoms with Crippen LogP contribution in [0.2, 0.25) is 0 Å². The van der Waals surface area contributed by atoms with E-state index in [0.29, 0.717) is 28.4 Å². The summed E-state index contributed by atoms with van der Waals surface area (Å²) in [6.07, 6.45) is 4.32. The lowest BCUT2D eigenvalue weighted by atomic mass is 10.2. The number of aromatic nitrogens is 5. The van der Waals surface area contributed by atoms with E-state index in [1.807, 2.05) is 13.0 Å². The number of imidazole rings is 1. The summed E-state index contributed by atoms with van der Waals surface area (Å²) in [5.41, 5.74) is 2.14. The number of halogens is 1. The molecule has 0 amide bonds. The average molecular weight is 350 g/mol. The number of nitrogens with zero attached hydrogens (tertiary/aromatic N) is 4. The lowest BCUT2D eigenvalue weighted by Crippen LogP contribution is -2.13. The molecular formula is C18H15FN6O. The molecule has 4 aromatic rings. The number of rotatable bonds is 4. The molecule has 0 fully saturated rings. The first-order chi connectivity index (χ1) is 12.6. The molecule has 0 saturated heterocycles. The van der Waals surface area contributed by atoms with Crippen LogP contribution in [0, 0.1) is 5.82 Å². The van der Waals surface area contributed by atoms with Crippen LogP contribution in [-0.4, -0.2) is 24.5 Å². The zero-order valence-electron chi connectivity index (χ0n) is 13.8. The minimum Gasteiger partial charge on any atom is -0.362 e. The fourth-order valence-electron chi connectivity index (χ4n) is 2.69. The molecule has 8 heteroatoms. The van der Waals surface area contributed by atoms with Gasteiger partial charge >= 0.3 is 0 Å². The molecule has 0 unspecified atom stereocenters. The van der Waals surface area contributed by atoms with Crippen molar-refractivity contribution < 1.29 is 4.39 Å². The van der Waals surface area contributed by atoms with Gasteiger partial charge in [-0.05, 0) is 43.3 Å². The van der Waals surface area contributed by atoms with E-state index in [-0.39, 0.29) is 17.4 Å². The average Bonchev–Trinajstić information content (AvgIpc) is 3.06. The van der Waals surface area contributed by atoms with E-state index < -0.39 is 0 Å². The number of pyridine rings is 3. The Bertz CT molecular complexity index is 1120. The van der Waals surface area contributed by atoms with Crippen molar-refractivity contribution in [2.24, 2.45) is 0 Å². The lowest BCUT2D eigenvalue weighted by molar-refractivity contribution is 0.617. The summed E-state index contributed by atoms with van der Waals surface area (Å²) in [6.45, 7) is 1.91. The highest BCUT2D eigenvalue weighted by atomic mass is 19.1. The molecule has 0 aromatic carbocycles. The molecule has 4 aromatic heterocycles. The van der Waals surface area contributed by atoms with Crippen molar-refractivity contribution in [3.8, 4) is 5.69 Å². The summed E-state index contributed by atoms with van der Waals surface area (Å²) < 4.78 is 14.7. The zero-order valence-corrected chi connectivity index (χ0v) is 13.8. The van der Waals surface area contributed by atoms with Gasteiger partial charge in [0.15, 0.2) is 5.65 Å². The summed E-state index contributed by atoms with van der Waals surface area (Å²) in [5, 5.41) is 3.23. The smallest absolute Gasteiger partial charge is 0.272 e. The second kappa shape index (κ2) is 6.40. The van der Waals surface area contributed by atoms with Crippen molar-refractivity contribution in [1.82, 2.24) is 24.5 Å². The van der Waals surface area contributed by atoms with Gasteiger partial charge in [-0.2, -0.15) is 0 Å². The van der Waals surface area contributed by atoms with Crippen LogP contribution in [-0.2, 0) is 0 Å². The van der Waals surface area contributed by atoms with Crippen LogP contribution in [0.25, 0.3) is 16.9 Å². The van der Waals surface area contributed by atoms with Gasteiger partial charge < -0.3 is 10.3 Å². The second-order valence-electron chi connectivity index (χ2n) is 5.81. The first-order valence-corrected chi connectivity index (χ1v) is 8.02. The molecule has 7 nitrogen and oxygen atoms in total. The van der Waals surface area contributed by atoms with E-state index in [9.17, 15) is 9.18 Å². The van der Waals surface area contributed by atoms with Gasteiger partial charge in [0.25, 0.3) is 5.56 Å². The number of anilines is 1. The standard InChI is InChI=1S/C18H15FN6O/c1-11(13-5-4-12(19)9-21-13)23-16-7-6-14-17(24-16)25(10-22-14)15-3-2-8-20-18(15)26/h2-11H,1H3,(H,20,26)(H,23,24)/t11-/m0/s1. The first-order valence-electron chi connectivity index (χ1n) is 8.02. The molecule has 26 heavy (non-hydrogen) atoms. The quantitative estimate of drug-likeness (QED) is 0.591. The second-order valence-corrected chi connectivity index (χ2v) is 5.81. The minimum absolute atomic E-state index is 0.169. The van der Waals surface area contributed by atoms with Gasteiger partial charge in [-0.15, -0.1) is 0 Å². The maximum atomic E-state index is 13.0. The Kier molecular flexibility index (Phi) is 3.92. The summed E-state index contributed by atoms with van der Waals surface area (Å²) in [4.78, 5) is 27.6. The molecule has 0 radical (unpaired) electrons. The molecule has 1 atom stereocenters. The molecule has 0 aliphatic heterocycles. The Balaban J connectivity index is 1.69. The van der Waals surface area contributed by atoms with Crippen LogP contribution < -0.4 is 10.9 Å². The monoisotopic (exact) mass is 350 g/mol. The van der Waals surface area contributed by atoms with Crippen molar-refractivity contribution in [2.45, 2.75) is 13.0 Å². The minimum atomic E-state index is -0.377. The molecule has 2 N–H and O–H groups in total. The normalized spacial score (nSPS) is 12.2. The summed E-state index contributed by atoms with van der Waals surface area (Å²) in [5.74, 6) is 0.225. The maximum absolute atomic E-state index is 13.0. The van der Waals surface area contributed by atoms with E-state index >= 15 is 0 Å². The van der Waals surface area contributed by atoms with Crippen LogP contribution >= 0.6 is 0 Å². The Morgan fingerprint density at radius 1 is 1.19 bits per heavy atom. The highest BCUT2D eigenvalue weighted by molar-refractivity contribution is 5.75. The van der Waals surface area contributed by atoms with Gasteiger partial charge in [0.1, 0.15) is 29.2 Å². The Labute approximate surface area is 147 Å². The topological polar surface area (TPSA) is 88.5 Å². The van der Waals surface area contributed by atoms with E-state index in [2.05, 4.69) is 25.3 Å².